The number of aromatic nitrogens is 2. The highest BCUT2D eigenvalue weighted by atomic mass is 16.3. The van der Waals surface area contributed by atoms with Gasteiger partial charge in [-0.25, -0.2) is 15.8 Å². The Labute approximate surface area is 102 Å². The van der Waals surface area contributed by atoms with Crippen LogP contribution in [0.5, 0.6) is 0 Å². The van der Waals surface area contributed by atoms with Crippen LogP contribution in [-0.4, -0.2) is 27.7 Å². The lowest BCUT2D eigenvalue weighted by Crippen LogP contribution is -2.19. The van der Waals surface area contributed by atoms with Gasteiger partial charge >= 0.3 is 0 Å². The molecule has 1 unspecified atom stereocenters. The normalized spacial score (nSPS) is 12.6. The van der Waals surface area contributed by atoms with Gasteiger partial charge in [0.2, 0.25) is 0 Å². The van der Waals surface area contributed by atoms with Crippen molar-refractivity contribution in [1.82, 2.24) is 9.97 Å². The highest BCUT2D eigenvalue weighted by Gasteiger charge is 2.12. The van der Waals surface area contributed by atoms with Gasteiger partial charge in [-0.05, 0) is 13.8 Å². The third kappa shape index (κ3) is 3.54. The quantitative estimate of drug-likeness (QED) is 0.452. The topological polar surface area (TPSA) is 96.1 Å². The third-order valence-electron chi connectivity index (χ3n) is 2.38. The number of nitrogen functional groups attached to an aromatic ring is 1. The van der Waals surface area contributed by atoms with Crippen LogP contribution in [0.4, 0.5) is 11.6 Å². The number of nitrogens with two attached hydrogens (primary N) is 1. The summed E-state index contributed by atoms with van der Waals surface area (Å²) in [4.78, 5) is 8.75. The molecule has 0 aliphatic rings. The fourth-order valence-electron chi connectivity index (χ4n) is 1.35. The fraction of sp³-hybridized carbons (Fsp3) is 0.636. The number of anilines is 2. The summed E-state index contributed by atoms with van der Waals surface area (Å²) in [5.74, 6) is 7.68. The van der Waals surface area contributed by atoms with Crippen LogP contribution in [0, 0.1) is 6.92 Å². The summed E-state index contributed by atoms with van der Waals surface area (Å²) in [7, 11) is 0. The van der Waals surface area contributed by atoms with Crippen LogP contribution >= 0.6 is 0 Å². The zero-order valence-electron chi connectivity index (χ0n) is 10.8. The summed E-state index contributed by atoms with van der Waals surface area (Å²) in [5, 5.41) is 12.3. The molecule has 0 aromatic carbocycles. The maximum atomic E-state index is 9.26. The molecule has 1 heterocycles. The van der Waals surface area contributed by atoms with Gasteiger partial charge in [-0.2, -0.15) is 0 Å². The minimum absolute atomic E-state index is 0.217. The Balaban J connectivity index is 3.04. The molecule has 1 aromatic heterocycles. The van der Waals surface area contributed by atoms with E-state index in [0.29, 0.717) is 18.2 Å². The molecular formula is C11H21N5O. The van der Waals surface area contributed by atoms with Crippen LogP contribution in [0.15, 0.2) is 0 Å². The molecule has 1 aromatic rings. The number of hydrazine groups is 1. The minimum atomic E-state index is -0.429. The predicted octanol–water partition coefficient (Wildman–Crippen LogP) is 0.987. The summed E-state index contributed by atoms with van der Waals surface area (Å²) in [5.41, 5.74) is 3.41. The number of nitrogens with zero attached hydrogens (tertiary/aromatic N) is 2. The number of nitrogens with one attached hydrogen (secondary N) is 2. The Kier molecular flexibility index (Phi) is 4.65. The fourth-order valence-corrected chi connectivity index (χ4v) is 1.35. The van der Waals surface area contributed by atoms with Crippen molar-refractivity contribution < 1.29 is 5.11 Å². The SMILES string of the molecule is Cc1c(NN)nc(C(C)C)nc1NCC(C)O. The van der Waals surface area contributed by atoms with E-state index >= 15 is 0 Å². The Morgan fingerprint density at radius 1 is 1.24 bits per heavy atom. The molecule has 17 heavy (non-hydrogen) atoms. The van der Waals surface area contributed by atoms with E-state index in [1.165, 1.54) is 0 Å². The first-order valence-corrected chi connectivity index (χ1v) is 5.72. The molecule has 0 amide bonds. The van der Waals surface area contributed by atoms with Crippen LogP contribution in [0.2, 0.25) is 0 Å². The molecule has 0 radical (unpaired) electrons. The lowest BCUT2D eigenvalue weighted by atomic mass is 10.2. The average molecular weight is 239 g/mol. The van der Waals surface area contributed by atoms with E-state index in [0.717, 1.165) is 11.4 Å². The van der Waals surface area contributed by atoms with E-state index < -0.39 is 6.10 Å². The highest BCUT2D eigenvalue weighted by molar-refractivity contribution is 5.56. The third-order valence-corrected chi connectivity index (χ3v) is 2.38. The molecule has 0 spiro atoms. The van der Waals surface area contributed by atoms with Gasteiger partial charge in [0.05, 0.1) is 6.10 Å². The van der Waals surface area contributed by atoms with Crippen LogP contribution in [0.1, 0.15) is 38.1 Å². The van der Waals surface area contributed by atoms with E-state index in [9.17, 15) is 5.11 Å². The molecular weight excluding hydrogens is 218 g/mol. The van der Waals surface area contributed by atoms with Crippen molar-refractivity contribution in [3.8, 4) is 0 Å². The van der Waals surface area contributed by atoms with Gasteiger partial charge in [-0.3, -0.25) is 0 Å². The molecule has 6 heteroatoms. The van der Waals surface area contributed by atoms with E-state index in [2.05, 4.69) is 20.7 Å². The Bertz CT molecular complexity index is 378. The lowest BCUT2D eigenvalue weighted by molar-refractivity contribution is 0.208. The molecule has 0 fully saturated rings. The predicted molar refractivity (Wildman–Crippen MR) is 68.8 cm³/mol. The first-order chi connectivity index (χ1) is 7.95. The van der Waals surface area contributed by atoms with Gasteiger partial charge in [0.1, 0.15) is 17.5 Å². The molecule has 6 nitrogen and oxygen atoms in total. The summed E-state index contributed by atoms with van der Waals surface area (Å²) in [6.07, 6.45) is -0.429. The Morgan fingerprint density at radius 2 is 1.82 bits per heavy atom. The zero-order chi connectivity index (χ0) is 13.0. The zero-order valence-corrected chi connectivity index (χ0v) is 10.8. The first-order valence-electron chi connectivity index (χ1n) is 5.72. The molecule has 0 saturated heterocycles. The van der Waals surface area contributed by atoms with Crippen molar-refractivity contribution in [3.63, 3.8) is 0 Å². The van der Waals surface area contributed by atoms with Crippen molar-refractivity contribution in [2.24, 2.45) is 5.84 Å². The second kappa shape index (κ2) is 5.79. The van der Waals surface area contributed by atoms with Gasteiger partial charge in [-0.1, -0.05) is 13.8 Å². The maximum Gasteiger partial charge on any atom is 0.148 e. The maximum absolute atomic E-state index is 9.26. The van der Waals surface area contributed by atoms with E-state index in [-0.39, 0.29) is 5.92 Å². The number of aliphatic hydroxyl groups excluding tert-OH is 1. The molecule has 0 aliphatic heterocycles. The minimum Gasteiger partial charge on any atom is -0.392 e. The average Bonchev–Trinajstić information content (AvgIpc) is 2.27. The molecule has 0 bridgehead atoms. The lowest BCUT2D eigenvalue weighted by Gasteiger charge is -2.15. The molecule has 5 N–H and O–H groups in total. The van der Waals surface area contributed by atoms with Crippen LogP contribution in [-0.2, 0) is 0 Å². The molecule has 1 rings (SSSR count). The number of hydrogen-bond donors (Lipinski definition) is 4. The smallest absolute Gasteiger partial charge is 0.148 e. The standard InChI is InChI=1S/C11H21N5O/c1-6(2)9-14-10(13-5-7(3)17)8(4)11(15-9)16-12/h6-7,17H,5,12H2,1-4H3,(H2,13,14,15,16). The van der Waals surface area contributed by atoms with Gasteiger partial charge < -0.3 is 15.8 Å². The summed E-state index contributed by atoms with van der Waals surface area (Å²) in [6, 6.07) is 0. The second-order valence-electron chi connectivity index (χ2n) is 4.43. The summed E-state index contributed by atoms with van der Waals surface area (Å²) < 4.78 is 0. The Hall–Kier alpha value is -1.40. The van der Waals surface area contributed by atoms with Gasteiger partial charge in [0.15, 0.2) is 0 Å². The van der Waals surface area contributed by atoms with E-state index in [1.807, 2.05) is 20.8 Å². The van der Waals surface area contributed by atoms with Crippen LogP contribution in [0.25, 0.3) is 0 Å². The van der Waals surface area contributed by atoms with E-state index in [1.54, 1.807) is 6.92 Å². The van der Waals surface area contributed by atoms with Crippen molar-refractivity contribution in [3.05, 3.63) is 11.4 Å². The van der Waals surface area contributed by atoms with Crippen molar-refractivity contribution in [2.75, 3.05) is 17.3 Å². The molecule has 0 aliphatic carbocycles. The van der Waals surface area contributed by atoms with Crippen molar-refractivity contribution >= 4 is 11.6 Å². The van der Waals surface area contributed by atoms with Crippen molar-refractivity contribution in [2.45, 2.75) is 39.7 Å². The van der Waals surface area contributed by atoms with E-state index in [4.69, 9.17) is 5.84 Å². The number of rotatable bonds is 5. The van der Waals surface area contributed by atoms with Crippen molar-refractivity contribution in [1.29, 1.82) is 0 Å². The monoisotopic (exact) mass is 239 g/mol. The second-order valence-corrected chi connectivity index (χ2v) is 4.43. The largest absolute Gasteiger partial charge is 0.392 e. The van der Waals surface area contributed by atoms with Gasteiger partial charge in [0.25, 0.3) is 0 Å². The molecule has 0 saturated carbocycles. The van der Waals surface area contributed by atoms with Gasteiger partial charge in [0, 0.05) is 18.0 Å². The van der Waals surface area contributed by atoms with Crippen LogP contribution < -0.4 is 16.6 Å². The molecule has 96 valence electrons. The molecule has 1 atom stereocenters. The highest BCUT2D eigenvalue weighted by Crippen LogP contribution is 2.22. The number of hydrogen-bond acceptors (Lipinski definition) is 6. The summed E-state index contributed by atoms with van der Waals surface area (Å²) >= 11 is 0. The first kappa shape index (κ1) is 13.7. The number of aliphatic hydroxyl groups is 1. The summed E-state index contributed by atoms with van der Waals surface area (Å²) in [6.45, 7) is 8.07. The van der Waals surface area contributed by atoms with Crippen LogP contribution in [0.3, 0.4) is 0 Å². The Morgan fingerprint density at radius 3 is 2.29 bits per heavy atom. The van der Waals surface area contributed by atoms with Gasteiger partial charge in [-0.15, -0.1) is 0 Å².